The van der Waals surface area contributed by atoms with Crippen LogP contribution in [0.3, 0.4) is 0 Å². The van der Waals surface area contributed by atoms with Gasteiger partial charge in [0.15, 0.2) is 11.9 Å². The van der Waals surface area contributed by atoms with Gasteiger partial charge < -0.3 is 128 Å². The Morgan fingerprint density at radius 1 is 0.479 bits per heavy atom. The summed E-state index contributed by atoms with van der Waals surface area (Å²) in [5, 5.41) is 95.3. The highest BCUT2D eigenvalue weighted by molar-refractivity contribution is 6.00. The van der Waals surface area contributed by atoms with Gasteiger partial charge in [-0.2, -0.15) is 0 Å². The zero-order chi connectivity index (χ0) is 73.1. The molecule has 13 atom stereocenters. The van der Waals surface area contributed by atoms with Gasteiger partial charge >= 0.3 is 5.97 Å². The number of likely N-dealkylation sites (tertiary alicyclic amines) is 1. The summed E-state index contributed by atoms with van der Waals surface area (Å²) in [6, 6.07) is -19.9. The van der Waals surface area contributed by atoms with Crippen molar-refractivity contribution in [3.63, 3.8) is 0 Å². The minimum Gasteiger partial charge on any atom is -0.480 e. The molecule has 0 unspecified atom stereocenters. The molecule has 40 heteroatoms. The largest absolute Gasteiger partial charge is 0.480 e. The van der Waals surface area contributed by atoms with Crippen molar-refractivity contribution in [1.82, 2.24) is 74.0 Å². The molecule has 0 aromatic rings. The van der Waals surface area contributed by atoms with Crippen LogP contribution in [0.4, 0.5) is 0 Å². The Bertz CT molecular complexity index is 2690. The van der Waals surface area contributed by atoms with E-state index in [9.17, 15) is 92.7 Å². The number of aliphatic carboxylic acids is 1. The van der Waals surface area contributed by atoms with Gasteiger partial charge in [-0.3, -0.25) is 73.1 Å². The Hall–Kier alpha value is -9.12. The molecule has 1 rings (SSSR count). The lowest BCUT2D eigenvalue weighted by Crippen LogP contribution is -2.62. The van der Waals surface area contributed by atoms with E-state index in [1.54, 1.807) is 13.8 Å². The Morgan fingerprint density at radius 3 is 1.28 bits per heavy atom. The van der Waals surface area contributed by atoms with Gasteiger partial charge in [-0.05, 0) is 96.4 Å². The number of nitrogens with two attached hydrogens (primary N) is 5. The Morgan fingerprint density at radius 2 is 0.875 bits per heavy atom. The molecular weight excluding hydrogens is 1270 g/mol. The summed E-state index contributed by atoms with van der Waals surface area (Å²) in [7, 11) is 0. The predicted molar refractivity (Wildman–Crippen MR) is 341 cm³/mol. The number of guanidine groups is 2. The van der Waals surface area contributed by atoms with Gasteiger partial charge in [-0.15, -0.1) is 0 Å². The number of aliphatic hydroxyl groups excluding tert-OH is 4. The summed E-state index contributed by atoms with van der Waals surface area (Å²) >= 11 is 0. The number of carboxylic acids is 1. The van der Waals surface area contributed by atoms with Gasteiger partial charge in [0.1, 0.15) is 78.5 Å². The van der Waals surface area contributed by atoms with Crippen molar-refractivity contribution in [1.29, 1.82) is 10.8 Å². The summed E-state index contributed by atoms with van der Waals surface area (Å²) in [5.74, 6) is -16.5. The van der Waals surface area contributed by atoms with E-state index < -0.39 is 212 Å². The molecule has 1 saturated heterocycles. The molecular formula is C56H101N21O19. The number of hydrogen-bond acceptors (Lipinski definition) is 22. The number of aliphatic hydroxyl groups is 4. The van der Waals surface area contributed by atoms with E-state index in [1.807, 2.05) is 0 Å². The molecule has 1 fully saturated rings. The maximum absolute atomic E-state index is 14.0. The first-order valence-electron chi connectivity index (χ1n) is 31.3. The van der Waals surface area contributed by atoms with E-state index >= 15 is 0 Å². The van der Waals surface area contributed by atoms with Crippen LogP contribution < -0.4 is 97.8 Å². The minimum atomic E-state index is -1.95. The van der Waals surface area contributed by atoms with Gasteiger partial charge in [-0.1, -0.05) is 27.7 Å². The van der Waals surface area contributed by atoms with E-state index in [2.05, 4.69) is 69.1 Å². The molecule has 0 spiro atoms. The number of amides is 13. The molecule has 96 heavy (non-hydrogen) atoms. The van der Waals surface area contributed by atoms with Gasteiger partial charge in [0.25, 0.3) is 0 Å². The highest BCUT2D eigenvalue weighted by Gasteiger charge is 2.40. The van der Waals surface area contributed by atoms with Crippen LogP contribution in [0.15, 0.2) is 0 Å². The van der Waals surface area contributed by atoms with Crippen molar-refractivity contribution >= 4 is 94.7 Å². The van der Waals surface area contributed by atoms with Crippen LogP contribution in [0.1, 0.15) is 112 Å². The maximum atomic E-state index is 14.0. The normalized spacial score (nSPS) is 16.4. The topological polar surface area (TPSA) is 678 Å². The number of nitrogens with zero attached hydrogens (tertiary/aromatic N) is 1. The second-order valence-electron chi connectivity index (χ2n) is 23.6. The molecule has 0 aliphatic carbocycles. The van der Waals surface area contributed by atoms with Crippen molar-refractivity contribution in [2.75, 3.05) is 52.6 Å². The second kappa shape index (κ2) is 43.8. The summed E-state index contributed by atoms with van der Waals surface area (Å²) in [5.41, 5.74) is 27.3. The van der Waals surface area contributed by atoms with Crippen molar-refractivity contribution in [3.05, 3.63) is 0 Å². The maximum Gasteiger partial charge on any atom is 0.326 e. The summed E-state index contributed by atoms with van der Waals surface area (Å²) in [4.78, 5) is 188. The number of carbonyl (C=O) groups excluding carboxylic acids is 13. The lowest BCUT2D eigenvalue weighted by atomic mass is 10.0. The van der Waals surface area contributed by atoms with E-state index in [0.717, 1.165) is 0 Å². The van der Waals surface area contributed by atoms with Crippen LogP contribution in [0.2, 0.25) is 0 Å². The van der Waals surface area contributed by atoms with Crippen molar-refractivity contribution < 1.29 is 92.7 Å². The van der Waals surface area contributed by atoms with Crippen molar-refractivity contribution in [2.24, 2.45) is 40.5 Å². The average Bonchev–Trinajstić information content (AvgIpc) is 1.62. The zero-order valence-electron chi connectivity index (χ0n) is 54.9. The molecule has 1 heterocycles. The summed E-state index contributed by atoms with van der Waals surface area (Å²) in [6.45, 7) is 5.23. The summed E-state index contributed by atoms with van der Waals surface area (Å²) in [6.07, 6.45) is 0.360. The number of carboxylic acid groups (broad SMARTS) is 1. The predicted octanol–water partition coefficient (Wildman–Crippen LogP) is -11.0. The molecule has 40 nitrogen and oxygen atoms in total. The van der Waals surface area contributed by atoms with Gasteiger partial charge in [0.05, 0.1) is 32.8 Å². The number of carbonyl (C=O) groups is 14. The molecule has 1 aliphatic rings. The van der Waals surface area contributed by atoms with Crippen molar-refractivity contribution in [2.45, 2.75) is 191 Å². The number of rotatable bonds is 45. The molecule has 0 radical (unpaired) electrons. The molecule has 13 amide bonds. The lowest BCUT2D eigenvalue weighted by Gasteiger charge is -2.29. The third-order valence-electron chi connectivity index (χ3n) is 14.7. The molecule has 0 aromatic carbocycles. The quantitative estimate of drug-likeness (QED) is 0.0153. The first-order chi connectivity index (χ1) is 45.1. The molecule has 30 N–H and O–H groups in total. The first-order valence-corrected chi connectivity index (χ1v) is 31.3. The molecule has 0 saturated carbocycles. The average molecular weight is 1370 g/mol. The van der Waals surface area contributed by atoms with E-state index in [1.165, 1.54) is 32.6 Å². The van der Waals surface area contributed by atoms with Gasteiger partial charge in [0.2, 0.25) is 76.8 Å². The van der Waals surface area contributed by atoms with E-state index in [-0.39, 0.29) is 77.0 Å². The van der Waals surface area contributed by atoms with Crippen LogP contribution in [-0.2, 0) is 67.1 Å². The van der Waals surface area contributed by atoms with Crippen LogP contribution in [0.5, 0.6) is 0 Å². The zero-order valence-corrected chi connectivity index (χ0v) is 54.9. The smallest absolute Gasteiger partial charge is 0.326 e. The van der Waals surface area contributed by atoms with Crippen LogP contribution in [0, 0.1) is 22.7 Å². The first kappa shape index (κ1) is 84.9. The van der Waals surface area contributed by atoms with Crippen LogP contribution >= 0.6 is 0 Å². The standard InChI is InChI=1S/C56H101N21O19/c1-26(2)20-34(72-51(92)39-15-11-19-77(39)53(94)30(58)22-78)46(87)66-28(5)42(83)71-35(21-40(59)82)47(88)67-29(6)43(84)76-41(27(3)4)52(93)69-32(14-10-18-65-56(62)63)45(86)73-37(24-80)49(90)75-38(25-81)50(91)74-36(23-79)48(89)68-31(13-9-17-64-55(60)61)44(85)70-33(54(95)96)12-7-8-16-57/h26-39,41,78-81H,7-25,57-58H2,1-6H3,(H2,59,82)(H,66,87)(H,67,88)(H,68,89)(H,69,93)(H,70,85)(H,71,83)(H,72,92)(H,73,86)(H,74,91)(H,75,90)(H,76,84)(H,95,96)(H4,60,61,64)(H4,62,63,65)/t28-,29-,30-,31-,32-,33-,34-,35-,36-,37-,38-,39-,41-/m0/s1. The van der Waals surface area contributed by atoms with Crippen molar-refractivity contribution in [3.8, 4) is 0 Å². The Balaban J connectivity index is 3.26. The molecule has 0 bridgehead atoms. The van der Waals surface area contributed by atoms with Gasteiger partial charge in [-0.25, -0.2) is 4.79 Å². The second-order valence-corrected chi connectivity index (χ2v) is 23.6. The Labute approximate surface area is 554 Å². The molecule has 1 aliphatic heterocycles. The molecule has 0 aromatic heterocycles. The van der Waals surface area contributed by atoms with Crippen LogP contribution in [-0.4, -0.2) is 256 Å². The molecule has 544 valence electrons. The van der Waals surface area contributed by atoms with Gasteiger partial charge in [0, 0.05) is 19.6 Å². The minimum absolute atomic E-state index is 0.000612. The fraction of sp³-hybridized carbons (Fsp3) is 0.714. The lowest BCUT2D eigenvalue weighted by molar-refractivity contribution is -0.142. The number of hydrogen-bond donors (Lipinski definition) is 25. The van der Waals surface area contributed by atoms with E-state index in [0.29, 0.717) is 19.3 Å². The fourth-order valence-electron chi connectivity index (χ4n) is 9.40. The van der Waals surface area contributed by atoms with Crippen LogP contribution in [0.25, 0.3) is 0 Å². The third kappa shape index (κ3) is 30.5. The highest BCUT2D eigenvalue weighted by Crippen LogP contribution is 2.19. The van der Waals surface area contributed by atoms with E-state index in [4.69, 9.17) is 39.5 Å². The fourth-order valence-corrected chi connectivity index (χ4v) is 9.40. The summed E-state index contributed by atoms with van der Waals surface area (Å²) < 4.78 is 0. The third-order valence-corrected chi connectivity index (χ3v) is 14.7. The number of primary amides is 1. The highest BCUT2D eigenvalue weighted by atomic mass is 16.4. The SMILES string of the molecule is CC(C)C[C@H](NC(=O)[C@@H]1CCCN1C(=O)[C@@H](N)CO)C(=O)N[C@@H](C)C(=O)N[C@@H](CC(N)=O)C(=O)N[C@@H](C)C(=O)N[C@H](C(=O)N[C@@H](CCCNC(=N)N)C(=O)N[C@@H](CO)C(=O)N[C@@H](CO)C(=O)N[C@@H](CO)C(=O)N[C@@H](CCCNC(=N)N)C(=O)N[C@@H](CCCCN)C(=O)O)C(C)C. The Kier molecular flexibility index (Phi) is 38.7. The number of nitrogens with one attached hydrogen (secondary N) is 15. The number of unbranched alkanes of at least 4 members (excludes halogenated alkanes) is 1. The monoisotopic (exact) mass is 1370 g/mol.